The van der Waals surface area contributed by atoms with E-state index in [9.17, 15) is 14.0 Å². The summed E-state index contributed by atoms with van der Waals surface area (Å²) >= 11 is 1.35. The smallest absolute Gasteiger partial charge is 0.265 e. The Morgan fingerprint density at radius 2 is 1.72 bits per heavy atom. The molecular weight excluding hydrogens is 339 g/mol. The minimum absolute atomic E-state index is 0.139. The van der Waals surface area contributed by atoms with E-state index in [4.69, 9.17) is 0 Å². The Hall–Kier alpha value is -2.99. The van der Waals surface area contributed by atoms with Crippen molar-refractivity contribution in [3.8, 4) is 0 Å². The van der Waals surface area contributed by atoms with Crippen molar-refractivity contribution in [2.75, 3.05) is 10.6 Å². The van der Waals surface area contributed by atoms with Crippen LogP contribution in [0, 0.1) is 12.7 Å². The molecule has 0 aliphatic carbocycles. The summed E-state index contributed by atoms with van der Waals surface area (Å²) in [4.78, 5) is 24.8. The van der Waals surface area contributed by atoms with E-state index in [-0.39, 0.29) is 11.6 Å². The molecule has 6 heteroatoms. The molecule has 0 saturated heterocycles. The number of aryl methyl sites for hydroxylation is 1. The fourth-order valence-electron chi connectivity index (χ4n) is 2.23. The third-order valence-corrected chi connectivity index (χ3v) is 4.39. The molecule has 0 bridgehead atoms. The molecule has 3 rings (SSSR count). The van der Waals surface area contributed by atoms with Gasteiger partial charge in [0, 0.05) is 11.3 Å². The third-order valence-electron chi connectivity index (χ3n) is 3.52. The van der Waals surface area contributed by atoms with Crippen LogP contribution in [-0.4, -0.2) is 11.8 Å². The lowest BCUT2D eigenvalue weighted by Crippen LogP contribution is -2.14. The zero-order valence-corrected chi connectivity index (χ0v) is 14.2. The maximum Gasteiger partial charge on any atom is 0.265 e. The molecule has 2 amide bonds. The number of rotatable bonds is 4. The van der Waals surface area contributed by atoms with Gasteiger partial charge in [0.05, 0.1) is 10.6 Å². The maximum absolute atomic E-state index is 13.7. The van der Waals surface area contributed by atoms with Crippen LogP contribution in [0.3, 0.4) is 0 Å². The first-order valence-electron chi connectivity index (χ1n) is 7.55. The second kappa shape index (κ2) is 7.27. The summed E-state index contributed by atoms with van der Waals surface area (Å²) in [5, 5.41) is 7.13. The van der Waals surface area contributed by atoms with Crippen LogP contribution in [0.2, 0.25) is 0 Å². The number of thiophene rings is 1. The number of carbonyl (C=O) groups is 2. The van der Waals surface area contributed by atoms with Crippen LogP contribution >= 0.6 is 11.3 Å². The third kappa shape index (κ3) is 4.10. The Balaban J connectivity index is 1.68. The Morgan fingerprint density at radius 3 is 2.40 bits per heavy atom. The predicted octanol–water partition coefficient (Wildman–Crippen LogP) is 4.70. The number of halogens is 1. The van der Waals surface area contributed by atoms with Crippen molar-refractivity contribution in [2.24, 2.45) is 0 Å². The van der Waals surface area contributed by atoms with E-state index in [0.717, 1.165) is 5.56 Å². The molecule has 0 saturated carbocycles. The first kappa shape index (κ1) is 16.9. The number of carbonyl (C=O) groups excluding carboxylic acids is 2. The van der Waals surface area contributed by atoms with Gasteiger partial charge in [-0.15, -0.1) is 11.3 Å². The van der Waals surface area contributed by atoms with E-state index in [1.807, 2.05) is 12.3 Å². The van der Waals surface area contributed by atoms with Crippen molar-refractivity contribution < 1.29 is 14.0 Å². The molecule has 4 nitrogen and oxygen atoms in total. The van der Waals surface area contributed by atoms with Gasteiger partial charge in [-0.05, 0) is 60.3 Å². The number of anilines is 2. The summed E-state index contributed by atoms with van der Waals surface area (Å²) < 4.78 is 13.7. The molecule has 1 heterocycles. The molecule has 0 aliphatic rings. The fraction of sp³-hybridized carbons (Fsp3) is 0.0526. The minimum Gasteiger partial charge on any atom is -0.321 e. The summed E-state index contributed by atoms with van der Waals surface area (Å²) in [5.41, 5.74) is 1.94. The van der Waals surface area contributed by atoms with Gasteiger partial charge in [-0.2, -0.15) is 0 Å². The highest BCUT2D eigenvalue weighted by molar-refractivity contribution is 7.12. The molecule has 0 aliphatic heterocycles. The molecule has 0 unspecified atom stereocenters. The SMILES string of the molecule is Cc1ccc(F)c(NC(=O)c2ccc(NC(=O)c3cccs3)cc2)c1. The first-order chi connectivity index (χ1) is 12.0. The lowest BCUT2D eigenvalue weighted by atomic mass is 10.1. The molecule has 3 aromatic rings. The highest BCUT2D eigenvalue weighted by atomic mass is 32.1. The van der Waals surface area contributed by atoms with E-state index in [1.165, 1.54) is 17.4 Å². The van der Waals surface area contributed by atoms with Crippen molar-refractivity contribution in [2.45, 2.75) is 6.92 Å². The van der Waals surface area contributed by atoms with Crippen molar-refractivity contribution in [3.63, 3.8) is 0 Å². The topological polar surface area (TPSA) is 58.2 Å². The number of nitrogens with one attached hydrogen (secondary N) is 2. The number of hydrogen-bond donors (Lipinski definition) is 2. The van der Waals surface area contributed by atoms with E-state index < -0.39 is 11.7 Å². The Bertz CT molecular complexity index is 906. The van der Waals surface area contributed by atoms with Gasteiger partial charge in [0.2, 0.25) is 0 Å². The van der Waals surface area contributed by atoms with Crippen LogP contribution in [0.15, 0.2) is 60.0 Å². The van der Waals surface area contributed by atoms with Gasteiger partial charge in [-0.1, -0.05) is 12.1 Å². The summed E-state index contributed by atoms with van der Waals surface area (Å²) in [6.45, 7) is 1.82. The van der Waals surface area contributed by atoms with Crippen molar-refractivity contribution >= 4 is 34.5 Å². The molecule has 0 radical (unpaired) electrons. The van der Waals surface area contributed by atoms with Gasteiger partial charge < -0.3 is 10.6 Å². The Kier molecular flexibility index (Phi) is 4.90. The lowest BCUT2D eigenvalue weighted by Gasteiger charge is -2.08. The van der Waals surface area contributed by atoms with Gasteiger partial charge in [0.25, 0.3) is 11.8 Å². The summed E-state index contributed by atoms with van der Waals surface area (Å²) in [6, 6.07) is 14.5. The van der Waals surface area contributed by atoms with Gasteiger partial charge in [-0.25, -0.2) is 4.39 Å². The molecule has 2 N–H and O–H groups in total. The summed E-state index contributed by atoms with van der Waals surface area (Å²) in [5.74, 6) is -1.10. The quantitative estimate of drug-likeness (QED) is 0.713. The number of hydrogen-bond acceptors (Lipinski definition) is 3. The van der Waals surface area contributed by atoms with Crippen molar-refractivity contribution in [1.82, 2.24) is 0 Å². The van der Waals surface area contributed by atoms with Gasteiger partial charge in [-0.3, -0.25) is 9.59 Å². The predicted molar refractivity (Wildman–Crippen MR) is 97.8 cm³/mol. The standard InChI is InChI=1S/C19H15FN2O2S/c1-12-4-9-15(20)16(11-12)22-18(23)13-5-7-14(8-6-13)21-19(24)17-3-2-10-25-17/h2-11H,1H3,(H,21,24)(H,22,23). The average Bonchev–Trinajstić information content (AvgIpc) is 3.13. The molecule has 1 aromatic heterocycles. The zero-order valence-electron chi connectivity index (χ0n) is 13.4. The van der Waals surface area contributed by atoms with Crippen LogP contribution in [0.4, 0.5) is 15.8 Å². The second-order valence-electron chi connectivity index (χ2n) is 5.45. The maximum atomic E-state index is 13.7. The van der Waals surface area contributed by atoms with Gasteiger partial charge >= 0.3 is 0 Å². The van der Waals surface area contributed by atoms with Crippen LogP contribution < -0.4 is 10.6 Å². The zero-order chi connectivity index (χ0) is 17.8. The van der Waals surface area contributed by atoms with E-state index in [0.29, 0.717) is 16.1 Å². The van der Waals surface area contributed by atoms with E-state index >= 15 is 0 Å². The normalized spacial score (nSPS) is 10.3. The largest absolute Gasteiger partial charge is 0.321 e. The van der Waals surface area contributed by atoms with Gasteiger partial charge in [0.15, 0.2) is 0 Å². The molecule has 2 aromatic carbocycles. The average molecular weight is 354 g/mol. The molecule has 0 fully saturated rings. The monoisotopic (exact) mass is 354 g/mol. The summed E-state index contributed by atoms with van der Waals surface area (Å²) in [7, 11) is 0. The molecule has 0 atom stereocenters. The van der Waals surface area contributed by atoms with Gasteiger partial charge in [0.1, 0.15) is 5.82 Å². The summed E-state index contributed by atoms with van der Waals surface area (Å²) in [6.07, 6.45) is 0. The fourth-order valence-corrected chi connectivity index (χ4v) is 2.85. The van der Waals surface area contributed by atoms with Crippen LogP contribution in [0.1, 0.15) is 25.6 Å². The van der Waals surface area contributed by atoms with Crippen LogP contribution in [0.5, 0.6) is 0 Å². The Labute approximate surface area is 148 Å². The lowest BCUT2D eigenvalue weighted by molar-refractivity contribution is 0.102. The second-order valence-corrected chi connectivity index (χ2v) is 6.39. The first-order valence-corrected chi connectivity index (χ1v) is 8.43. The van der Waals surface area contributed by atoms with E-state index in [2.05, 4.69) is 10.6 Å². The minimum atomic E-state index is -0.487. The van der Waals surface area contributed by atoms with Crippen molar-refractivity contribution in [1.29, 1.82) is 0 Å². The van der Waals surface area contributed by atoms with E-state index in [1.54, 1.807) is 48.5 Å². The Morgan fingerprint density at radius 1 is 0.960 bits per heavy atom. The number of benzene rings is 2. The molecular formula is C19H15FN2O2S. The molecule has 0 spiro atoms. The van der Waals surface area contributed by atoms with Crippen molar-refractivity contribution in [3.05, 3.63) is 81.8 Å². The number of amides is 2. The molecule has 126 valence electrons. The van der Waals surface area contributed by atoms with Crippen LogP contribution in [0.25, 0.3) is 0 Å². The highest BCUT2D eigenvalue weighted by Gasteiger charge is 2.11. The molecule has 25 heavy (non-hydrogen) atoms. The van der Waals surface area contributed by atoms with Crippen LogP contribution in [-0.2, 0) is 0 Å². The highest BCUT2D eigenvalue weighted by Crippen LogP contribution is 2.18.